The topological polar surface area (TPSA) is 241 Å². The number of ether oxygens (including phenoxy) is 3. The molecule has 1 aromatic carbocycles. The largest absolute Gasteiger partial charge is 0.485 e. The zero-order chi connectivity index (χ0) is 40.9. The number of hydrogen-bond donors (Lipinski definition) is 5. The number of unbranched alkanes of at least 4 members (excludes halogenated alkanes) is 15. The predicted octanol–water partition coefficient (Wildman–Crippen LogP) is 6.46. The molecule has 1 aliphatic carbocycles. The van der Waals surface area contributed by atoms with Crippen molar-refractivity contribution < 1.29 is 52.8 Å². The van der Waals surface area contributed by atoms with Crippen molar-refractivity contribution in [3.8, 4) is 11.8 Å². The van der Waals surface area contributed by atoms with Crippen LogP contribution in [0.2, 0.25) is 0 Å². The molecule has 0 spiro atoms. The Morgan fingerprint density at radius 2 is 1.60 bits per heavy atom. The number of fused-ring (bicyclic) bond motifs is 2. The van der Waals surface area contributed by atoms with Gasteiger partial charge in [-0.25, -0.2) is 18.9 Å². The van der Waals surface area contributed by atoms with E-state index in [4.69, 9.17) is 29.0 Å². The Hall–Kier alpha value is -3.65. The van der Waals surface area contributed by atoms with E-state index in [-0.39, 0.29) is 29.4 Å². The first-order valence-corrected chi connectivity index (χ1v) is 21.8. The van der Waals surface area contributed by atoms with Gasteiger partial charge in [0, 0.05) is 6.61 Å². The van der Waals surface area contributed by atoms with E-state index in [1.807, 2.05) is 6.07 Å². The average molecular weight is 816 g/mol. The van der Waals surface area contributed by atoms with Crippen molar-refractivity contribution >= 4 is 25.1 Å². The van der Waals surface area contributed by atoms with E-state index in [1.165, 1.54) is 112 Å². The van der Waals surface area contributed by atoms with Crippen molar-refractivity contribution in [2.24, 2.45) is 0 Å². The molecule has 57 heavy (non-hydrogen) atoms. The molecule has 16 nitrogen and oxygen atoms in total. The van der Waals surface area contributed by atoms with Crippen LogP contribution in [-0.4, -0.2) is 90.6 Å². The fraction of sp³-hybridized carbons (Fsp3) is 0.650. The van der Waals surface area contributed by atoms with Gasteiger partial charge < -0.3 is 40.2 Å². The lowest BCUT2D eigenvalue weighted by atomic mass is 9.90. The van der Waals surface area contributed by atoms with Gasteiger partial charge in [-0.15, -0.1) is 0 Å². The molecule has 6 N–H and O–H groups in total. The van der Waals surface area contributed by atoms with Crippen LogP contribution in [-0.2, 0) is 28.7 Å². The van der Waals surface area contributed by atoms with Crippen molar-refractivity contribution in [1.82, 2.24) is 14.6 Å². The Kier molecular flexibility index (Phi) is 16.3. The number of aromatic nitrogens is 3. The van der Waals surface area contributed by atoms with Crippen molar-refractivity contribution in [1.29, 1.82) is 5.26 Å². The fourth-order valence-electron chi connectivity index (χ4n) is 7.47. The second-order valence-electron chi connectivity index (χ2n) is 15.0. The molecule has 314 valence electrons. The lowest BCUT2D eigenvalue weighted by Crippen LogP contribution is -2.47. The number of aliphatic hydroxyl groups is 2. The summed E-state index contributed by atoms with van der Waals surface area (Å²) in [7, 11) is -4.96. The van der Waals surface area contributed by atoms with E-state index < -0.39 is 56.0 Å². The molecule has 0 amide bonds. The number of phosphoric acid groups is 1. The third kappa shape index (κ3) is 11.1. The van der Waals surface area contributed by atoms with Crippen LogP contribution in [0.5, 0.6) is 5.75 Å². The number of aliphatic hydroxyl groups excluding tert-OH is 1. The summed E-state index contributed by atoms with van der Waals surface area (Å²) in [6.07, 6.45) is 15.2. The number of carboxylic acid groups (broad SMARTS) is 1. The molecule has 3 heterocycles. The Morgan fingerprint density at radius 1 is 0.982 bits per heavy atom. The summed E-state index contributed by atoms with van der Waals surface area (Å²) in [4.78, 5) is 26.4. The number of nitrogen functional groups attached to an aromatic ring is 1. The van der Waals surface area contributed by atoms with Crippen LogP contribution >= 0.6 is 7.82 Å². The van der Waals surface area contributed by atoms with Gasteiger partial charge in [0.2, 0.25) is 5.60 Å². The van der Waals surface area contributed by atoms with E-state index in [0.29, 0.717) is 12.1 Å². The second-order valence-corrected chi connectivity index (χ2v) is 16.5. The van der Waals surface area contributed by atoms with Gasteiger partial charge in [-0.05, 0) is 30.7 Å². The first kappa shape index (κ1) is 44.5. The highest BCUT2D eigenvalue weighted by Gasteiger charge is 2.83. The highest BCUT2D eigenvalue weighted by atomic mass is 31.2. The SMILES string of the molecule is CCCCCCCCCCCCCCCCCCOC[C@H](COP(=O)(O)OC1[C@H]2O[C@@](C#N)(c3ccc4c(N)ncnn34)[C@H](O)[C@@]12O)Oc1ccccc1C(=O)O. The van der Waals surface area contributed by atoms with E-state index in [0.717, 1.165) is 25.6 Å². The molecule has 2 unspecified atom stereocenters. The molecule has 2 aromatic heterocycles. The highest BCUT2D eigenvalue weighted by Crippen LogP contribution is 2.63. The van der Waals surface area contributed by atoms with E-state index in [1.54, 1.807) is 12.1 Å². The number of carbonyl (C=O) groups is 1. The molecule has 7 atom stereocenters. The van der Waals surface area contributed by atoms with Gasteiger partial charge in [-0.3, -0.25) is 9.05 Å². The summed E-state index contributed by atoms with van der Waals surface area (Å²) < 4.78 is 42.5. The smallest absolute Gasteiger partial charge is 0.472 e. The van der Waals surface area contributed by atoms with Crippen LogP contribution in [0.15, 0.2) is 42.7 Å². The van der Waals surface area contributed by atoms with Crippen LogP contribution < -0.4 is 10.5 Å². The van der Waals surface area contributed by atoms with Gasteiger partial charge in [-0.1, -0.05) is 115 Å². The zero-order valence-corrected chi connectivity index (χ0v) is 33.6. The summed E-state index contributed by atoms with van der Waals surface area (Å²) in [5, 5.41) is 46.4. The van der Waals surface area contributed by atoms with Crippen LogP contribution in [0.1, 0.15) is 126 Å². The first-order valence-electron chi connectivity index (χ1n) is 20.3. The number of nitrogens with zero attached hydrogens (tertiary/aromatic N) is 4. The maximum absolute atomic E-state index is 13.2. The Labute approximate surface area is 333 Å². The number of aromatic carboxylic acids is 1. The number of nitriles is 1. The quantitative estimate of drug-likeness (QED) is 0.0390. The number of anilines is 1. The summed E-state index contributed by atoms with van der Waals surface area (Å²) in [5.74, 6) is -1.10. The molecule has 17 heteroatoms. The molecule has 2 fully saturated rings. The minimum absolute atomic E-state index is 0.0126. The summed E-state index contributed by atoms with van der Waals surface area (Å²) in [6, 6.07) is 10.8. The molecule has 3 aromatic rings. The third-order valence-electron chi connectivity index (χ3n) is 10.8. The molecule has 0 radical (unpaired) electrons. The van der Waals surface area contributed by atoms with Crippen molar-refractivity contribution in [2.45, 2.75) is 145 Å². The van der Waals surface area contributed by atoms with Gasteiger partial charge in [0.05, 0.1) is 18.9 Å². The monoisotopic (exact) mass is 815 g/mol. The fourth-order valence-corrected chi connectivity index (χ4v) is 8.45. The zero-order valence-electron chi connectivity index (χ0n) is 32.7. The van der Waals surface area contributed by atoms with Gasteiger partial charge >= 0.3 is 13.8 Å². The number of hydrogen-bond acceptors (Lipinski definition) is 13. The highest BCUT2D eigenvalue weighted by molar-refractivity contribution is 7.47. The maximum atomic E-state index is 13.2. The summed E-state index contributed by atoms with van der Waals surface area (Å²) in [6.45, 7) is 2.00. The van der Waals surface area contributed by atoms with Gasteiger partial charge in [-0.2, -0.15) is 10.4 Å². The average Bonchev–Trinajstić information content (AvgIpc) is 3.43. The summed E-state index contributed by atoms with van der Waals surface area (Å²) >= 11 is 0. The lowest BCUT2D eigenvalue weighted by Gasteiger charge is -2.29. The Balaban J connectivity index is 1.05. The second kappa shape index (κ2) is 20.9. The van der Waals surface area contributed by atoms with Crippen molar-refractivity contribution in [2.75, 3.05) is 25.6 Å². The third-order valence-corrected chi connectivity index (χ3v) is 11.7. The molecule has 2 aliphatic rings. The van der Waals surface area contributed by atoms with Gasteiger partial charge in [0.25, 0.3) is 0 Å². The number of nitrogens with two attached hydrogens (primary N) is 1. The van der Waals surface area contributed by atoms with Crippen LogP contribution in [0, 0.1) is 11.3 Å². The van der Waals surface area contributed by atoms with E-state index in [9.17, 15) is 34.8 Å². The Morgan fingerprint density at radius 3 is 2.18 bits per heavy atom. The minimum atomic E-state index is -4.96. The van der Waals surface area contributed by atoms with E-state index >= 15 is 0 Å². The van der Waals surface area contributed by atoms with Gasteiger partial charge in [0.1, 0.15) is 53.6 Å². The lowest BCUT2D eigenvalue weighted by molar-refractivity contribution is -0.106. The molecule has 1 saturated heterocycles. The summed E-state index contributed by atoms with van der Waals surface area (Å²) in [5.41, 5.74) is 1.82. The van der Waals surface area contributed by atoms with Crippen LogP contribution in [0.25, 0.3) is 5.52 Å². The van der Waals surface area contributed by atoms with Crippen LogP contribution in [0.3, 0.4) is 0 Å². The number of benzene rings is 1. The van der Waals surface area contributed by atoms with Gasteiger partial charge in [0.15, 0.2) is 11.4 Å². The Bertz CT molecular complexity index is 1840. The predicted molar refractivity (Wildman–Crippen MR) is 209 cm³/mol. The first-order chi connectivity index (χ1) is 27.5. The van der Waals surface area contributed by atoms with Crippen molar-refractivity contribution in [3.63, 3.8) is 0 Å². The number of phosphoric ester groups is 1. The number of rotatable bonds is 28. The minimum Gasteiger partial charge on any atom is -0.485 e. The molecular weight excluding hydrogens is 757 g/mol. The normalized spacial score (nSPS) is 24.2. The van der Waals surface area contributed by atoms with E-state index in [2.05, 4.69) is 17.0 Å². The maximum Gasteiger partial charge on any atom is 0.472 e. The standard InChI is InChI=1S/C40H58N5O11P/c1-2-3-4-5-6-7-8-9-10-11-12-13-14-15-16-19-24-52-25-29(54-32-21-18-17-20-30(32)37(46)47)26-53-57(50,51)56-35-34-40(35,49)38(48)39(27-41,55-34)33-23-22-31-36(42)43-28-44-45(31)33/h17-18,20-23,28-29,34-35,38,48-49H,2-16,19,24-26H2,1H3,(H,46,47)(H,50,51)(H2,42,43,44)/t29-,34-,35?,38+,39+,40+/m1/s1. The molecule has 5 rings (SSSR count). The van der Waals surface area contributed by atoms with Crippen LogP contribution in [0.4, 0.5) is 5.82 Å². The molecule has 0 bridgehead atoms. The number of para-hydroxylation sites is 1. The molecule has 1 saturated carbocycles. The van der Waals surface area contributed by atoms with Crippen molar-refractivity contribution in [3.05, 3.63) is 54.0 Å². The number of carboxylic acids is 1. The molecule has 1 aliphatic heterocycles. The molecular formula is C40H58N5O11P.